The van der Waals surface area contributed by atoms with Gasteiger partial charge in [0.15, 0.2) is 0 Å². The average molecular weight is 1780 g/mol. The minimum Gasteiger partial charge on any atom is -0.449 e. The van der Waals surface area contributed by atoms with E-state index < -0.39 is 18.8 Å². The van der Waals surface area contributed by atoms with Gasteiger partial charge in [-0.05, 0) is 22.3 Å². The van der Waals surface area contributed by atoms with Crippen LogP contribution in [0.15, 0.2) is 48.5 Å². The van der Waals surface area contributed by atoms with Crippen LogP contribution in [0.4, 0.5) is 4.79 Å². The zero-order valence-electron chi connectivity index (χ0n) is 15.9. The Morgan fingerprint density at radius 2 is 1.26 bits per heavy atom. The van der Waals surface area contributed by atoms with E-state index in [2.05, 4.69) is 29.6 Å². The molecule has 0 spiro atoms. The first-order chi connectivity index (χ1) is 11.2. The Morgan fingerprint density at radius 1 is 0.839 bits per heavy atom. The molecule has 1 aliphatic carbocycles. The molecule has 168 valence electrons. The number of rotatable bonds is 5. The third-order valence-corrected chi connectivity index (χ3v) is 4.04. The summed E-state index contributed by atoms with van der Waals surface area (Å²) < 4.78 is 5.29. The molecule has 0 radical (unpaired) electrons. The fraction of sp³-hybridized carbons (Fsp3) is 0.278. The molecule has 0 saturated carbocycles. The third kappa shape index (κ3) is 13.3. The molecule has 5 nitrogen and oxygen atoms in total. The summed E-state index contributed by atoms with van der Waals surface area (Å²) in [6.07, 6.45) is -1.57. The van der Waals surface area contributed by atoms with Crippen LogP contribution in [0, 0.1) is 0 Å². The van der Waals surface area contributed by atoms with Gasteiger partial charge in [0.25, 0.3) is 0 Å². The van der Waals surface area contributed by atoms with Crippen molar-refractivity contribution in [3.8, 4) is 11.1 Å². The van der Waals surface area contributed by atoms with E-state index in [0.717, 1.165) is 11.1 Å². The van der Waals surface area contributed by atoms with Crippen LogP contribution in [0.25, 0.3) is 11.1 Å². The Morgan fingerprint density at radius 3 is 1.68 bits per heavy atom. The molecule has 0 saturated heterocycles. The van der Waals surface area contributed by atoms with Crippen LogP contribution in [0.1, 0.15) is 17.0 Å². The molecule has 3 rings (SSSR count). The Kier molecular flexibility index (Phi) is 37.9. The zero-order valence-corrected chi connectivity index (χ0v) is 39.3. The van der Waals surface area contributed by atoms with Gasteiger partial charge in [0.2, 0.25) is 0 Å². The molecule has 31 heavy (non-hydrogen) atoms. The molecule has 1 amide bonds. The second-order valence-corrected chi connectivity index (χ2v) is 5.54. The normalized spacial score (nSPS) is 10.4. The van der Waals surface area contributed by atoms with E-state index in [0.29, 0.717) is 0 Å². The van der Waals surface area contributed by atoms with Crippen molar-refractivity contribution in [1.29, 1.82) is 0 Å². The molecule has 2 aromatic carbocycles. The summed E-state index contributed by atoms with van der Waals surface area (Å²) in [5.74, 6) is 0.0101. The van der Waals surface area contributed by atoms with E-state index in [4.69, 9.17) is 9.84 Å². The number of fused-ring (bicyclic) bond motifs is 3. The van der Waals surface area contributed by atoms with E-state index in [9.17, 15) is 9.90 Å². The molecule has 1 atom stereocenters. The summed E-state index contributed by atoms with van der Waals surface area (Å²) in [7, 11) is 0. The van der Waals surface area contributed by atoms with Crippen molar-refractivity contribution >= 4 is 6.09 Å². The van der Waals surface area contributed by atoms with E-state index in [1.54, 1.807) is 0 Å². The Bertz CT molecular complexity index is 681. The number of nitrogens with one attached hydrogen (secondary N) is 1. The van der Waals surface area contributed by atoms with Crippen molar-refractivity contribution in [2.24, 2.45) is 0 Å². The predicted octanol–water partition coefficient (Wildman–Crippen LogP) is 1.86. The van der Waals surface area contributed by atoms with E-state index in [1.807, 2.05) is 24.3 Å². The third-order valence-electron chi connectivity index (χ3n) is 4.04. The summed E-state index contributed by atoms with van der Waals surface area (Å²) in [4.78, 5) is 11.7. The van der Waals surface area contributed by atoms with E-state index in [-0.39, 0.29) is 188 Å². The van der Waals surface area contributed by atoms with Gasteiger partial charge in [-0.1, -0.05) is 48.5 Å². The first-order valence-corrected chi connectivity index (χ1v) is 7.58. The number of ether oxygens (including phenoxy) is 1. The minimum absolute atomic E-state index is 0. The van der Waals surface area contributed by atoms with Gasteiger partial charge >= 0.3 is 6.09 Å². The van der Waals surface area contributed by atoms with Gasteiger partial charge < -0.3 is 20.3 Å². The maximum Gasteiger partial charge on any atom is 0.407 e. The van der Waals surface area contributed by atoms with Crippen molar-refractivity contribution in [3.63, 3.8) is 0 Å². The van der Waals surface area contributed by atoms with Crippen LogP contribution in [0.5, 0.6) is 0 Å². The molecule has 0 aromatic heterocycles. The van der Waals surface area contributed by atoms with Crippen LogP contribution in [0.3, 0.4) is 0 Å². The quantitative estimate of drug-likeness (QED) is 0.428. The second kappa shape index (κ2) is 24.8. The summed E-state index contributed by atoms with van der Waals surface area (Å²) in [5, 5.41) is 20.4. The molecule has 0 aliphatic heterocycles. The maximum absolute atomic E-state index is 11.7. The molecule has 0 bridgehead atoms. The number of carbonyl (C=O) groups excluding carboxylic acids is 1. The number of hydrogen-bond acceptors (Lipinski definition) is 4. The van der Waals surface area contributed by atoms with Crippen LogP contribution in [-0.4, -0.2) is 42.2 Å². The van der Waals surface area contributed by atoms with Gasteiger partial charge in [0, 0.05) is 181 Å². The van der Waals surface area contributed by atoms with Crippen molar-refractivity contribution in [3.05, 3.63) is 59.7 Å². The molecular weight excluding hydrogens is 1760 g/mol. The van der Waals surface area contributed by atoms with E-state index in [1.165, 1.54) is 11.1 Å². The average Bonchev–Trinajstić information content (AvgIpc) is 2.92. The van der Waals surface area contributed by atoms with Gasteiger partial charge in [-0.2, -0.15) is 0 Å². The monoisotopic (exact) mass is 1780 g/mol. The Balaban J connectivity index is -0.000000195. The van der Waals surface area contributed by atoms with Crippen LogP contribution >= 0.6 is 0 Å². The number of benzene rings is 2. The number of alkyl carbamates (subject to hydrolysis) is 1. The SMILES string of the molecule is O=C(NCC(O)CO)OCC1c2ccccc2-c2ccccc21.[W].[W].[W].[W].[W].[W].[W].[W]. The second-order valence-electron chi connectivity index (χ2n) is 5.54. The summed E-state index contributed by atoms with van der Waals surface area (Å²) in [5.41, 5.74) is 4.65. The minimum atomic E-state index is -0.976. The smallest absolute Gasteiger partial charge is 0.407 e. The molecule has 13 heteroatoms. The van der Waals surface area contributed by atoms with Crippen LogP contribution in [0.2, 0.25) is 0 Å². The fourth-order valence-corrected chi connectivity index (χ4v) is 2.92. The number of carbonyl (C=O) groups is 1. The number of aliphatic hydroxyl groups excluding tert-OH is 2. The summed E-state index contributed by atoms with van der Waals surface area (Å²) in [6, 6.07) is 16.2. The summed E-state index contributed by atoms with van der Waals surface area (Å²) in [6.45, 7) is -0.202. The van der Waals surface area contributed by atoms with Gasteiger partial charge in [-0.3, -0.25) is 0 Å². The van der Waals surface area contributed by atoms with Crippen molar-refractivity contribution in [1.82, 2.24) is 5.32 Å². The molecular formula is C18H19NO4W8. The Labute approximate surface area is 297 Å². The van der Waals surface area contributed by atoms with Crippen LogP contribution in [-0.2, 0) is 173 Å². The van der Waals surface area contributed by atoms with Crippen molar-refractivity contribution in [2.75, 3.05) is 19.8 Å². The number of amides is 1. The predicted molar refractivity (Wildman–Crippen MR) is 86.2 cm³/mol. The van der Waals surface area contributed by atoms with Gasteiger partial charge in [-0.25, -0.2) is 4.79 Å². The number of aliphatic hydroxyl groups is 2. The summed E-state index contributed by atoms with van der Waals surface area (Å²) >= 11 is 0. The van der Waals surface area contributed by atoms with Crippen molar-refractivity contribution in [2.45, 2.75) is 12.0 Å². The first-order valence-electron chi connectivity index (χ1n) is 7.58. The largest absolute Gasteiger partial charge is 0.449 e. The topological polar surface area (TPSA) is 78.8 Å². The zero-order chi connectivity index (χ0) is 16.2. The molecule has 2 aromatic rings. The van der Waals surface area contributed by atoms with Gasteiger partial charge in [-0.15, -0.1) is 0 Å². The fourth-order valence-electron chi connectivity index (χ4n) is 2.92. The molecule has 0 heterocycles. The molecule has 3 N–H and O–H groups in total. The standard InChI is InChI=1S/C18H19NO4.8W/c20-10-12(21)9-19-18(22)23-11-17-15-7-3-1-5-13(15)14-6-2-4-8-16(14)17;;;;;;;;/h1-8,12,17,20-21H,9-11H2,(H,19,22);;;;;;;;. The van der Waals surface area contributed by atoms with Gasteiger partial charge in [0.1, 0.15) is 6.61 Å². The Hall–Kier alpha value is 3.14. The van der Waals surface area contributed by atoms with E-state index >= 15 is 0 Å². The first kappa shape index (κ1) is 47.3. The molecule has 0 fully saturated rings. The molecule has 1 unspecified atom stereocenters. The van der Waals surface area contributed by atoms with Crippen LogP contribution < -0.4 is 5.32 Å². The number of hydrogen-bond donors (Lipinski definition) is 3. The van der Waals surface area contributed by atoms with Crippen molar-refractivity contribution < 1.29 is 188 Å². The molecule has 1 aliphatic rings. The van der Waals surface area contributed by atoms with Gasteiger partial charge in [0.05, 0.1) is 12.7 Å². The maximum atomic E-state index is 11.7.